The monoisotopic (exact) mass is 311 g/mol. The first-order chi connectivity index (χ1) is 9.66. The zero-order valence-corrected chi connectivity index (χ0v) is 12.5. The number of aryl methyl sites for hydroxylation is 1. The fraction of sp³-hybridized carbons (Fsp3) is 0.250. The van der Waals surface area contributed by atoms with Gasteiger partial charge in [0.1, 0.15) is 0 Å². The predicted molar refractivity (Wildman–Crippen MR) is 84.3 cm³/mol. The van der Waals surface area contributed by atoms with Crippen molar-refractivity contribution in [2.24, 2.45) is 0 Å². The fourth-order valence-electron chi connectivity index (χ4n) is 1.99. The topological polar surface area (TPSA) is 12.0 Å². The van der Waals surface area contributed by atoms with Crippen molar-refractivity contribution in [3.8, 4) is 0 Å². The molecule has 1 nitrogen and oxygen atoms in total. The predicted octanol–water partition coefficient (Wildman–Crippen LogP) is 5.57. The van der Waals surface area contributed by atoms with Crippen LogP contribution >= 0.6 is 23.2 Å². The summed E-state index contributed by atoms with van der Waals surface area (Å²) in [6.07, 6.45) is 3.19. The van der Waals surface area contributed by atoms with E-state index in [1.807, 2.05) is 6.07 Å². The van der Waals surface area contributed by atoms with Crippen LogP contribution in [0.3, 0.4) is 0 Å². The Kier molecular flexibility index (Phi) is 5.69. The summed E-state index contributed by atoms with van der Waals surface area (Å²) in [5.41, 5.74) is 2.10. The first-order valence-corrected chi connectivity index (χ1v) is 7.35. The smallest absolute Gasteiger partial charge is 0.160 e. The van der Waals surface area contributed by atoms with Gasteiger partial charge in [-0.15, -0.1) is 0 Å². The van der Waals surface area contributed by atoms with Crippen LogP contribution in [-0.2, 0) is 6.42 Å². The summed E-state index contributed by atoms with van der Waals surface area (Å²) in [6.45, 7) is 0.811. The van der Waals surface area contributed by atoms with Crippen molar-refractivity contribution in [3.63, 3.8) is 0 Å². The highest BCUT2D eigenvalue weighted by molar-refractivity contribution is 6.35. The SMILES string of the molecule is Fc1c(Cl)cc(NCCCCc2ccccc2)cc1Cl. The van der Waals surface area contributed by atoms with Crippen molar-refractivity contribution < 1.29 is 4.39 Å². The maximum atomic E-state index is 13.2. The number of nitrogens with one attached hydrogen (secondary N) is 1. The molecule has 0 saturated heterocycles. The van der Waals surface area contributed by atoms with Crippen molar-refractivity contribution in [1.29, 1.82) is 0 Å². The van der Waals surface area contributed by atoms with E-state index < -0.39 is 5.82 Å². The van der Waals surface area contributed by atoms with E-state index in [4.69, 9.17) is 23.2 Å². The number of rotatable bonds is 6. The summed E-state index contributed by atoms with van der Waals surface area (Å²) in [5.74, 6) is -0.567. The van der Waals surface area contributed by atoms with Gasteiger partial charge in [0.2, 0.25) is 0 Å². The van der Waals surface area contributed by atoms with Crippen molar-refractivity contribution in [3.05, 3.63) is 63.9 Å². The summed E-state index contributed by atoms with van der Waals surface area (Å²) in [7, 11) is 0. The number of benzene rings is 2. The summed E-state index contributed by atoms with van der Waals surface area (Å²) in [4.78, 5) is 0. The maximum absolute atomic E-state index is 13.2. The lowest BCUT2D eigenvalue weighted by Gasteiger charge is -2.08. The van der Waals surface area contributed by atoms with Crippen LogP contribution in [0.25, 0.3) is 0 Å². The highest BCUT2D eigenvalue weighted by Gasteiger charge is 2.06. The van der Waals surface area contributed by atoms with Gasteiger partial charge in [-0.3, -0.25) is 0 Å². The quantitative estimate of drug-likeness (QED) is 0.543. The Balaban J connectivity index is 1.74. The summed E-state index contributed by atoms with van der Waals surface area (Å²) < 4.78 is 13.2. The first kappa shape index (κ1) is 15.1. The lowest BCUT2D eigenvalue weighted by molar-refractivity contribution is 0.629. The lowest BCUT2D eigenvalue weighted by Crippen LogP contribution is -2.02. The molecule has 0 aliphatic carbocycles. The van der Waals surface area contributed by atoms with Crippen LogP contribution < -0.4 is 5.32 Å². The molecule has 2 aromatic carbocycles. The van der Waals surface area contributed by atoms with Crippen molar-refractivity contribution in [2.75, 3.05) is 11.9 Å². The second-order valence-corrected chi connectivity index (χ2v) is 5.44. The third-order valence-corrected chi connectivity index (χ3v) is 3.60. The minimum absolute atomic E-state index is 0.0456. The van der Waals surface area contributed by atoms with E-state index in [9.17, 15) is 4.39 Å². The molecule has 2 aromatic rings. The van der Waals surface area contributed by atoms with Crippen molar-refractivity contribution in [2.45, 2.75) is 19.3 Å². The molecule has 0 unspecified atom stereocenters. The molecule has 0 bridgehead atoms. The molecule has 4 heteroatoms. The molecule has 0 aromatic heterocycles. The van der Waals surface area contributed by atoms with Gasteiger partial charge in [0.25, 0.3) is 0 Å². The number of hydrogen-bond donors (Lipinski definition) is 1. The van der Waals surface area contributed by atoms with E-state index in [0.717, 1.165) is 31.5 Å². The number of anilines is 1. The molecule has 0 atom stereocenters. The number of halogens is 3. The van der Waals surface area contributed by atoms with Crippen molar-refractivity contribution >= 4 is 28.9 Å². The maximum Gasteiger partial charge on any atom is 0.160 e. The summed E-state index contributed by atoms with van der Waals surface area (Å²) >= 11 is 11.5. The molecule has 0 amide bonds. The molecule has 0 saturated carbocycles. The molecule has 0 fully saturated rings. The van der Waals surface area contributed by atoms with Gasteiger partial charge in [0.05, 0.1) is 10.0 Å². The van der Waals surface area contributed by atoms with Gasteiger partial charge in [-0.25, -0.2) is 4.39 Å². The first-order valence-electron chi connectivity index (χ1n) is 6.59. The molecule has 0 radical (unpaired) electrons. The Morgan fingerprint density at radius 3 is 2.25 bits per heavy atom. The average molecular weight is 312 g/mol. The molecule has 0 aliphatic rings. The Bertz CT molecular complexity index is 535. The van der Waals surface area contributed by atoms with Crippen LogP contribution in [0.2, 0.25) is 10.0 Å². The van der Waals surface area contributed by atoms with E-state index in [1.54, 1.807) is 12.1 Å². The van der Waals surface area contributed by atoms with Crippen molar-refractivity contribution in [1.82, 2.24) is 0 Å². The molecule has 2 rings (SSSR count). The number of hydrogen-bond acceptors (Lipinski definition) is 1. The van der Waals surface area contributed by atoms with E-state index in [1.165, 1.54) is 5.56 Å². The largest absolute Gasteiger partial charge is 0.385 e. The van der Waals surface area contributed by atoms with Gasteiger partial charge in [-0.05, 0) is 37.0 Å². The Labute approximate surface area is 128 Å². The van der Waals surface area contributed by atoms with E-state index >= 15 is 0 Å². The van der Waals surface area contributed by atoms with E-state index in [-0.39, 0.29) is 10.0 Å². The van der Waals surface area contributed by atoms with Crippen LogP contribution in [0.1, 0.15) is 18.4 Å². The molecule has 0 aliphatic heterocycles. The van der Waals surface area contributed by atoms with Crippen LogP contribution in [0.5, 0.6) is 0 Å². The van der Waals surface area contributed by atoms with Gasteiger partial charge in [0, 0.05) is 12.2 Å². The third-order valence-electron chi connectivity index (χ3n) is 3.05. The molecule has 1 N–H and O–H groups in total. The minimum atomic E-state index is -0.567. The summed E-state index contributed by atoms with van der Waals surface area (Å²) in [6, 6.07) is 13.5. The zero-order chi connectivity index (χ0) is 14.4. The molecule has 106 valence electrons. The summed E-state index contributed by atoms with van der Waals surface area (Å²) in [5, 5.41) is 3.30. The number of unbranched alkanes of at least 4 members (excludes halogenated alkanes) is 1. The van der Waals surface area contributed by atoms with Crippen LogP contribution in [0, 0.1) is 5.82 Å². The second-order valence-electron chi connectivity index (χ2n) is 4.62. The molecular weight excluding hydrogens is 296 g/mol. The normalized spacial score (nSPS) is 10.6. The highest BCUT2D eigenvalue weighted by Crippen LogP contribution is 2.27. The molecule has 0 spiro atoms. The molecule has 0 heterocycles. The fourth-order valence-corrected chi connectivity index (χ4v) is 2.48. The average Bonchev–Trinajstić information content (AvgIpc) is 2.45. The van der Waals surface area contributed by atoms with Crippen LogP contribution in [0.4, 0.5) is 10.1 Å². The highest BCUT2D eigenvalue weighted by atomic mass is 35.5. The van der Waals surface area contributed by atoms with E-state index in [2.05, 4.69) is 29.6 Å². The van der Waals surface area contributed by atoms with Gasteiger partial charge in [0.15, 0.2) is 5.82 Å². The van der Waals surface area contributed by atoms with E-state index in [0.29, 0.717) is 0 Å². The van der Waals surface area contributed by atoms with Gasteiger partial charge in [-0.2, -0.15) is 0 Å². The third kappa shape index (κ3) is 4.39. The standard InChI is InChI=1S/C16H16Cl2FN/c17-14-10-13(11-15(18)16(14)19)20-9-5-4-8-12-6-2-1-3-7-12/h1-3,6-7,10-11,20H,4-5,8-9H2. The lowest BCUT2D eigenvalue weighted by atomic mass is 10.1. The van der Waals surface area contributed by atoms with Crippen LogP contribution in [-0.4, -0.2) is 6.54 Å². The van der Waals surface area contributed by atoms with Gasteiger partial charge >= 0.3 is 0 Å². The second kappa shape index (κ2) is 7.51. The van der Waals surface area contributed by atoms with Gasteiger partial charge < -0.3 is 5.32 Å². The minimum Gasteiger partial charge on any atom is -0.385 e. The van der Waals surface area contributed by atoms with Crippen LogP contribution in [0.15, 0.2) is 42.5 Å². The molecular formula is C16H16Cl2FN. The Morgan fingerprint density at radius 2 is 1.60 bits per heavy atom. The van der Waals surface area contributed by atoms with Gasteiger partial charge in [-0.1, -0.05) is 53.5 Å². The Hall–Kier alpha value is -1.25. The molecule has 20 heavy (non-hydrogen) atoms. The zero-order valence-electron chi connectivity index (χ0n) is 11.0. The Morgan fingerprint density at radius 1 is 0.950 bits per heavy atom.